The van der Waals surface area contributed by atoms with Gasteiger partial charge in [0.25, 0.3) is 11.9 Å². The van der Waals surface area contributed by atoms with Crippen molar-refractivity contribution in [3.63, 3.8) is 0 Å². The van der Waals surface area contributed by atoms with Gasteiger partial charge >= 0.3 is 0 Å². The molecule has 0 spiro atoms. The van der Waals surface area contributed by atoms with Crippen molar-refractivity contribution < 1.29 is 24.6 Å². The first kappa shape index (κ1) is 18.9. The number of carboxylic acid groups (broad SMARTS) is 2. The molecule has 134 valence electrons. The van der Waals surface area contributed by atoms with Crippen molar-refractivity contribution in [1.29, 1.82) is 0 Å². The Bertz CT molecular complexity index is 955. The van der Waals surface area contributed by atoms with Crippen LogP contribution in [0.2, 0.25) is 0 Å². The van der Waals surface area contributed by atoms with Crippen LogP contribution >= 0.6 is 0 Å². The van der Waals surface area contributed by atoms with Crippen molar-refractivity contribution in [1.82, 2.24) is 9.55 Å². The van der Waals surface area contributed by atoms with E-state index in [9.17, 15) is 4.79 Å². The van der Waals surface area contributed by atoms with Crippen LogP contribution in [0.4, 0.5) is 0 Å². The topological polar surface area (TPSA) is 109 Å². The molecule has 0 atom stereocenters. The highest BCUT2D eigenvalue weighted by molar-refractivity contribution is 5.99. The van der Waals surface area contributed by atoms with Crippen molar-refractivity contribution in [3.8, 4) is 11.4 Å². The molecule has 1 aromatic heterocycles. The van der Waals surface area contributed by atoms with Gasteiger partial charge in [-0.15, -0.1) is 0 Å². The van der Waals surface area contributed by atoms with Crippen molar-refractivity contribution in [2.24, 2.45) is 0 Å². The van der Waals surface area contributed by atoms with Gasteiger partial charge in [0.1, 0.15) is 5.82 Å². The van der Waals surface area contributed by atoms with Crippen molar-refractivity contribution in [2.75, 3.05) is 0 Å². The summed E-state index contributed by atoms with van der Waals surface area (Å²) in [4.78, 5) is 34.8. The van der Waals surface area contributed by atoms with Gasteiger partial charge in [-0.2, -0.15) is 0 Å². The zero-order chi connectivity index (χ0) is 19.3. The minimum absolute atomic E-state index is 0.0948. The number of rotatable bonds is 0. The van der Waals surface area contributed by atoms with Gasteiger partial charge in [-0.05, 0) is 17.7 Å². The molecule has 0 radical (unpaired) electrons. The predicted octanol–water partition coefficient (Wildman–Crippen LogP) is 3.08. The van der Waals surface area contributed by atoms with E-state index in [4.69, 9.17) is 19.8 Å². The van der Waals surface area contributed by atoms with Crippen molar-refractivity contribution in [2.45, 2.75) is 20.3 Å². The summed E-state index contributed by atoms with van der Waals surface area (Å²) in [6.45, 7) is 2.17. The highest BCUT2D eigenvalue weighted by atomic mass is 16.4. The molecule has 7 nitrogen and oxygen atoms in total. The molecule has 2 N–H and O–H groups in total. The highest BCUT2D eigenvalue weighted by Crippen LogP contribution is 2.31. The van der Waals surface area contributed by atoms with Crippen LogP contribution in [0, 0.1) is 0 Å². The molecular formula is C19H18N2O5. The van der Waals surface area contributed by atoms with Crippen LogP contribution in [0.15, 0.2) is 48.5 Å². The Kier molecular flexibility index (Phi) is 5.85. The first-order valence-electron chi connectivity index (χ1n) is 7.79. The minimum Gasteiger partial charge on any atom is -0.481 e. The van der Waals surface area contributed by atoms with Crippen LogP contribution in [0.25, 0.3) is 22.4 Å². The van der Waals surface area contributed by atoms with Gasteiger partial charge in [-0.25, -0.2) is 4.98 Å². The molecule has 2 heterocycles. The number of fused-ring (bicyclic) bond motifs is 5. The second kappa shape index (κ2) is 8.06. The van der Waals surface area contributed by atoms with Crippen LogP contribution in [0.5, 0.6) is 0 Å². The fraction of sp³-hybridized carbons (Fsp3) is 0.158. The quantitative estimate of drug-likeness (QED) is 0.642. The number of para-hydroxylation sites is 2. The van der Waals surface area contributed by atoms with Crippen LogP contribution in [0.3, 0.4) is 0 Å². The number of hydrogen-bond donors (Lipinski definition) is 2. The van der Waals surface area contributed by atoms with Gasteiger partial charge in [0.05, 0.1) is 17.5 Å². The maximum atomic E-state index is 12.2. The molecule has 0 bridgehead atoms. The van der Waals surface area contributed by atoms with Crippen molar-refractivity contribution in [3.05, 3.63) is 54.1 Å². The third kappa shape index (κ3) is 4.32. The minimum atomic E-state index is -0.833. The molecule has 0 amide bonds. The largest absolute Gasteiger partial charge is 0.481 e. The summed E-state index contributed by atoms with van der Waals surface area (Å²) >= 11 is 0. The number of carbonyl (C=O) groups is 3. The van der Waals surface area contributed by atoms with E-state index in [0.29, 0.717) is 6.42 Å². The summed E-state index contributed by atoms with van der Waals surface area (Å²) in [6.07, 6.45) is 0.448. The highest BCUT2D eigenvalue weighted by Gasteiger charge is 2.25. The molecule has 0 saturated carbocycles. The van der Waals surface area contributed by atoms with Gasteiger partial charge in [-0.1, -0.05) is 36.4 Å². The van der Waals surface area contributed by atoms with Gasteiger partial charge in [0.15, 0.2) is 0 Å². The van der Waals surface area contributed by atoms with E-state index >= 15 is 0 Å². The van der Waals surface area contributed by atoms with Gasteiger partial charge in [0.2, 0.25) is 5.91 Å². The van der Waals surface area contributed by atoms with Crippen molar-refractivity contribution >= 4 is 28.9 Å². The Morgan fingerprint density at radius 2 is 1.50 bits per heavy atom. The molecular weight excluding hydrogens is 336 g/mol. The third-order valence-electron chi connectivity index (χ3n) is 3.41. The molecule has 0 unspecified atom stereocenters. The lowest BCUT2D eigenvalue weighted by molar-refractivity contribution is -0.135. The lowest BCUT2D eigenvalue weighted by atomic mass is 10.0. The first-order chi connectivity index (χ1) is 12.3. The maximum Gasteiger partial charge on any atom is 0.300 e. The lowest BCUT2D eigenvalue weighted by Gasteiger charge is -2.16. The summed E-state index contributed by atoms with van der Waals surface area (Å²) < 4.78 is 1.73. The Morgan fingerprint density at radius 3 is 2.15 bits per heavy atom. The molecule has 1 aliphatic heterocycles. The zero-order valence-electron chi connectivity index (χ0n) is 14.3. The van der Waals surface area contributed by atoms with Crippen LogP contribution in [0.1, 0.15) is 24.2 Å². The third-order valence-corrected chi connectivity index (χ3v) is 3.41. The molecule has 3 aromatic rings. The number of nitrogens with zero attached hydrogens (tertiary/aromatic N) is 2. The smallest absolute Gasteiger partial charge is 0.300 e. The first-order valence-corrected chi connectivity index (χ1v) is 7.79. The molecule has 2 aromatic carbocycles. The number of imidazole rings is 1. The van der Waals surface area contributed by atoms with Gasteiger partial charge in [-0.3, -0.25) is 19.0 Å². The Balaban J connectivity index is 0.000000261. The molecule has 7 heteroatoms. The molecule has 0 aliphatic carbocycles. The second-order valence-corrected chi connectivity index (χ2v) is 5.53. The number of aromatic nitrogens is 2. The monoisotopic (exact) mass is 354 g/mol. The zero-order valence-corrected chi connectivity index (χ0v) is 14.3. The standard InChI is InChI=1S/C15H10N2O.2C2H4O2/c18-14-9-10-5-1-2-6-11(10)15-16-12-7-3-4-8-13(12)17(14)15;2*1-2(3)4/h1-8H,9H2;2*1H3,(H,3,4). The second-order valence-electron chi connectivity index (χ2n) is 5.53. The summed E-state index contributed by atoms with van der Waals surface area (Å²) in [5.41, 5.74) is 3.89. The number of carboxylic acids is 2. The fourth-order valence-corrected chi connectivity index (χ4v) is 2.59. The van der Waals surface area contributed by atoms with E-state index in [1.54, 1.807) is 4.57 Å². The summed E-state index contributed by atoms with van der Waals surface area (Å²) in [5.74, 6) is -0.805. The average molecular weight is 354 g/mol. The molecule has 4 rings (SSSR count). The van der Waals surface area contributed by atoms with E-state index in [-0.39, 0.29) is 5.91 Å². The van der Waals surface area contributed by atoms with E-state index in [0.717, 1.165) is 41.8 Å². The maximum absolute atomic E-state index is 12.2. The lowest BCUT2D eigenvalue weighted by Crippen LogP contribution is -2.20. The van der Waals surface area contributed by atoms with E-state index in [1.807, 2.05) is 48.5 Å². The Hall–Kier alpha value is -3.48. The molecule has 0 saturated heterocycles. The summed E-state index contributed by atoms with van der Waals surface area (Å²) in [5, 5.41) is 14.8. The number of carbonyl (C=O) groups excluding carboxylic acids is 1. The average Bonchev–Trinajstić information content (AvgIpc) is 2.94. The van der Waals surface area contributed by atoms with E-state index in [1.165, 1.54) is 0 Å². The number of hydrogen-bond acceptors (Lipinski definition) is 4. The molecule has 26 heavy (non-hydrogen) atoms. The summed E-state index contributed by atoms with van der Waals surface area (Å²) in [7, 11) is 0. The van der Waals surface area contributed by atoms with Gasteiger partial charge in [0, 0.05) is 19.4 Å². The molecule has 0 fully saturated rings. The van der Waals surface area contributed by atoms with E-state index < -0.39 is 11.9 Å². The predicted molar refractivity (Wildman–Crippen MR) is 96.1 cm³/mol. The Morgan fingerprint density at radius 1 is 0.962 bits per heavy atom. The van der Waals surface area contributed by atoms with Crippen LogP contribution < -0.4 is 0 Å². The van der Waals surface area contributed by atoms with Crippen LogP contribution in [-0.2, 0) is 16.0 Å². The van der Waals surface area contributed by atoms with E-state index in [2.05, 4.69) is 4.98 Å². The Labute approximate surface area is 149 Å². The summed E-state index contributed by atoms with van der Waals surface area (Å²) in [6, 6.07) is 15.7. The molecule has 1 aliphatic rings. The number of aliphatic carboxylic acids is 2. The normalized spacial score (nSPS) is 11.2. The van der Waals surface area contributed by atoms with Gasteiger partial charge < -0.3 is 10.2 Å². The number of benzene rings is 2. The SMILES string of the molecule is CC(=O)O.CC(=O)O.O=C1Cc2ccccc2-c2nc3ccccc3n21. The van der Waals surface area contributed by atoms with Crippen LogP contribution in [-0.4, -0.2) is 37.6 Å². The fourth-order valence-electron chi connectivity index (χ4n) is 2.59.